The van der Waals surface area contributed by atoms with Crippen LogP contribution in [0.4, 0.5) is 5.69 Å². The second-order valence-electron chi connectivity index (χ2n) is 6.10. The van der Waals surface area contributed by atoms with Gasteiger partial charge in [0.15, 0.2) is 0 Å². The van der Waals surface area contributed by atoms with Gasteiger partial charge in [0, 0.05) is 19.6 Å². The molecule has 1 aromatic carbocycles. The van der Waals surface area contributed by atoms with Gasteiger partial charge in [-0.15, -0.1) is 0 Å². The molecule has 1 aliphatic rings. The van der Waals surface area contributed by atoms with Crippen LogP contribution in [0.25, 0.3) is 0 Å². The molecule has 2 rings (SSSR count). The standard InChI is InChI=1S/C15H25N3O2S/c1-12-7-13(2)11-18(10-12)21(19,20)17-15-6-4-5-14(8-15)9-16-3/h4-6,8,12-13,16-17H,7,9-11H2,1-3H3. The zero-order chi connectivity index (χ0) is 15.5. The molecule has 0 spiro atoms. The zero-order valence-electron chi connectivity index (χ0n) is 13.0. The molecule has 2 atom stereocenters. The van der Waals surface area contributed by atoms with Crippen molar-refractivity contribution in [2.24, 2.45) is 11.8 Å². The highest BCUT2D eigenvalue weighted by molar-refractivity contribution is 7.90. The van der Waals surface area contributed by atoms with Crippen LogP contribution in [0.3, 0.4) is 0 Å². The summed E-state index contributed by atoms with van der Waals surface area (Å²) in [7, 11) is -1.60. The molecule has 0 bridgehead atoms. The molecular weight excluding hydrogens is 286 g/mol. The van der Waals surface area contributed by atoms with Crippen molar-refractivity contribution in [2.45, 2.75) is 26.8 Å². The fourth-order valence-corrected chi connectivity index (χ4v) is 4.42. The summed E-state index contributed by atoms with van der Waals surface area (Å²) in [6.45, 7) is 6.11. The third-order valence-electron chi connectivity index (χ3n) is 3.73. The monoisotopic (exact) mass is 311 g/mol. The van der Waals surface area contributed by atoms with Crippen molar-refractivity contribution in [1.82, 2.24) is 9.62 Å². The number of hydrogen-bond acceptors (Lipinski definition) is 3. The van der Waals surface area contributed by atoms with Crippen molar-refractivity contribution in [3.63, 3.8) is 0 Å². The molecule has 1 heterocycles. The van der Waals surface area contributed by atoms with E-state index in [4.69, 9.17) is 0 Å². The fourth-order valence-electron chi connectivity index (χ4n) is 2.96. The molecule has 1 saturated heterocycles. The summed E-state index contributed by atoms with van der Waals surface area (Å²) in [5.41, 5.74) is 1.67. The van der Waals surface area contributed by atoms with Gasteiger partial charge in [-0.05, 0) is 43.0 Å². The van der Waals surface area contributed by atoms with Gasteiger partial charge in [0.25, 0.3) is 0 Å². The number of benzene rings is 1. The topological polar surface area (TPSA) is 61.4 Å². The highest BCUT2D eigenvalue weighted by atomic mass is 32.2. The average Bonchev–Trinajstić information content (AvgIpc) is 2.38. The van der Waals surface area contributed by atoms with E-state index < -0.39 is 10.2 Å². The number of hydrogen-bond donors (Lipinski definition) is 2. The summed E-state index contributed by atoms with van der Waals surface area (Å²) in [6.07, 6.45) is 1.09. The van der Waals surface area contributed by atoms with Gasteiger partial charge in [0.05, 0.1) is 5.69 Å². The molecule has 6 heteroatoms. The van der Waals surface area contributed by atoms with Crippen LogP contribution < -0.4 is 10.0 Å². The molecule has 0 aromatic heterocycles. The smallest absolute Gasteiger partial charge is 0.301 e. The lowest BCUT2D eigenvalue weighted by Crippen LogP contribution is -2.45. The van der Waals surface area contributed by atoms with E-state index in [9.17, 15) is 8.42 Å². The Bertz CT molecular complexity index is 564. The summed E-state index contributed by atoms with van der Waals surface area (Å²) < 4.78 is 29.3. The van der Waals surface area contributed by atoms with Crippen molar-refractivity contribution in [3.8, 4) is 0 Å². The third-order valence-corrected chi connectivity index (χ3v) is 5.20. The van der Waals surface area contributed by atoms with Crippen molar-refractivity contribution in [3.05, 3.63) is 29.8 Å². The molecule has 0 amide bonds. The van der Waals surface area contributed by atoms with E-state index in [1.54, 1.807) is 10.4 Å². The van der Waals surface area contributed by atoms with E-state index in [0.717, 1.165) is 12.0 Å². The highest BCUT2D eigenvalue weighted by Gasteiger charge is 2.30. The third kappa shape index (κ3) is 4.43. The minimum atomic E-state index is -3.47. The molecule has 1 fully saturated rings. The van der Waals surface area contributed by atoms with Crippen LogP contribution in [0.15, 0.2) is 24.3 Å². The molecule has 118 valence electrons. The van der Waals surface area contributed by atoms with Crippen molar-refractivity contribution < 1.29 is 8.42 Å². The predicted octanol–water partition coefficient (Wildman–Crippen LogP) is 2.04. The van der Waals surface area contributed by atoms with E-state index in [0.29, 0.717) is 37.2 Å². The van der Waals surface area contributed by atoms with E-state index >= 15 is 0 Å². The number of rotatable bonds is 5. The first-order valence-electron chi connectivity index (χ1n) is 7.42. The largest absolute Gasteiger partial charge is 0.316 e. The maximum atomic E-state index is 12.5. The minimum absolute atomic E-state index is 0.404. The quantitative estimate of drug-likeness (QED) is 0.875. The van der Waals surface area contributed by atoms with Gasteiger partial charge in [0.1, 0.15) is 0 Å². The Morgan fingerprint density at radius 1 is 1.24 bits per heavy atom. The Kier molecular flexibility index (Phi) is 5.24. The Labute approximate surface area is 127 Å². The maximum absolute atomic E-state index is 12.5. The summed E-state index contributed by atoms with van der Waals surface area (Å²) in [5.74, 6) is 0.807. The number of piperidine rings is 1. The number of nitrogens with zero attached hydrogens (tertiary/aromatic N) is 1. The lowest BCUT2D eigenvalue weighted by atomic mass is 9.94. The van der Waals surface area contributed by atoms with Gasteiger partial charge < -0.3 is 5.32 Å². The Hall–Kier alpha value is -1.11. The molecular formula is C15H25N3O2S. The van der Waals surface area contributed by atoms with E-state index in [-0.39, 0.29) is 0 Å². The van der Waals surface area contributed by atoms with Gasteiger partial charge >= 0.3 is 10.2 Å². The summed E-state index contributed by atoms with van der Waals surface area (Å²) in [4.78, 5) is 0. The van der Waals surface area contributed by atoms with E-state index in [1.807, 2.05) is 25.2 Å². The van der Waals surface area contributed by atoms with Crippen molar-refractivity contribution >= 4 is 15.9 Å². The molecule has 1 aromatic rings. The van der Waals surface area contributed by atoms with Gasteiger partial charge in [-0.1, -0.05) is 26.0 Å². The first-order chi connectivity index (χ1) is 9.90. The van der Waals surface area contributed by atoms with E-state index in [2.05, 4.69) is 23.9 Å². The van der Waals surface area contributed by atoms with Crippen molar-refractivity contribution in [1.29, 1.82) is 0 Å². The van der Waals surface area contributed by atoms with Gasteiger partial charge in [-0.3, -0.25) is 4.72 Å². The second-order valence-corrected chi connectivity index (χ2v) is 7.77. The first kappa shape index (κ1) is 16.3. The van der Waals surface area contributed by atoms with Gasteiger partial charge in [-0.25, -0.2) is 0 Å². The molecule has 1 aliphatic heterocycles. The fraction of sp³-hybridized carbons (Fsp3) is 0.600. The summed E-state index contributed by atoms with van der Waals surface area (Å²) in [5, 5.41) is 3.06. The molecule has 5 nitrogen and oxygen atoms in total. The zero-order valence-corrected chi connectivity index (χ0v) is 13.8. The predicted molar refractivity (Wildman–Crippen MR) is 86.3 cm³/mol. The maximum Gasteiger partial charge on any atom is 0.301 e. The Morgan fingerprint density at radius 3 is 2.52 bits per heavy atom. The molecule has 0 saturated carbocycles. The van der Waals surface area contributed by atoms with Crippen LogP contribution >= 0.6 is 0 Å². The number of nitrogens with one attached hydrogen (secondary N) is 2. The summed E-state index contributed by atoms with van der Waals surface area (Å²) in [6, 6.07) is 7.49. The minimum Gasteiger partial charge on any atom is -0.316 e. The van der Waals surface area contributed by atoms with E-state index in [1.165, 1.54) is 0 Å². The molecule has 0 aliphatic carbocycles. The average molecular weight is 311 g/mol. The Balaban J connectivity index is 2.11. The normalized spacial score (nSPS) is 24.0. The van der Waals surface area contributed by atoms with Crippen LogP contribution in [-0.2, 0) is 16.8 Å². The molecule has 0 radical (unpaired) electrons. The number of anilines is 1. The van der Waals surface area contributed by atoms with Crippen molar-refractivity contribution in [2.75, 3.05) is 24.9 Å². The summed E-state index contributed by atoms with van der Waals surface area (Å²) >= 11 is 0. The SMILES string of the molecule is CNCc1cccc(NS(=O)(=O)N2CC(C)CC(C)C2)c1. The van der Waals surface area contributed by atoms with Gasteiger partial charge in [-0.2, -0.15) is 12.7 Å². The second kappa shape index (κ2) is 6.77. The Morgan fingerprint density at radius 2 is 1.90 bits per heavy atom. The van der Waals surface area contributed by atoms with Crippen LogP contribution in [0.1, 0.15) is 25.8 Å². The lowest BCUT2D eigenvalue weighted by Gasteiger charge is -2.34. The molecule has 2 N–H and O–H groups in total. The van der Waals surface area contributed by atoms with Crippen LogP contribution in [0.2, 0.25) is 0 Å². The first-order valence-corrected chi connectivity index (χ1v) is 8.86. The van der Waals surface area contributed by atoms with Crippen LogP contribution in [0.5, 0.6) is 0 Å². The molecule has 21 heavy (non-hydrogen) atoms. The van der Waals surface area contributed by atoms with Gasteiger partial charge in [0.2, 0.25) is 0 Å². The molecule has 2 unspecified atom stereocenters. The van der Waals surface area contributed by atoms with Crippen LogP contribution in [-0.4, -0.2) is 32.9 Å². The van der Waals surface area contributed by atoms with Crippen LogP contribution in [0, 0.1) is 11.8 Å². The highest BCUT2D eigenvalue weighted by Crippen LogP contribution is 2.24. The lowest BCUT2D eigenvalue weighted by molar-refractivity contribution is 0.223.